The third-order valence-electron chi connectivity index (χ3n) is 5.79. The predicted molar refractivity (Wildman–Crippen MR) is 130 cm³/mol. The van der Waals surface area contributed by atoms with E-state index in [0.717, 1.165) is 5.56 Å². The average molecular weight is 488 g/mol. The molecule has 0 bridgehead atoms. The van der Waals surface area contributed by atoms with Crippen LogP contribution in [-0.2, 0) is 16.6 Å². The number of aromatic nitrogens is 1. The van der Waals surface area contributed by atoms with Gasteiger partial charge in [0, 0.05) is 49.6 Å². The largest absolute Gasteiger partial charge is 0.487 e. The maximum Gasteiger partial charge on any atom is 0.247 e. The zero-order valence-corrected chi connectivity index (χ0v) is 20.9. The molecule has 1 aliphatic rings. The first-order chi connectivity index (χ1) is 16.1. The van der Waals surface area contributed by atoms with E-state index in [1.54, 1.807) is 38.4 Å². The molecule has 0 unspecified atom stereocenters. The second-order valence-electron chi connectivity index (χ2n) is 8.90. The number of likely N-dealkylation sites (N-methyl/N-ethyl adjacent to an activating group) is 1. The predicted octanol–water partition coefficient (Wildman–Crippen LogP) is 1.71. The maximum atomic E-state index is 13.5. The van der Waals surface area contributed by atoms with Gasteiger partial charge in [-0.1, -0.05) is 18.8 Å². The van der Waals surface area contributed by atoms with Gasteiger partial charge >= 0.3 is 0 Å². The molecule has 34 heavy (non-hydrogen) atoms. The number of pyridine rings is 1. The molecule has 0 fully saturated rings. The molecule has 1 aromatic heterocycles. The van der Waals surface area contributed by atoms with Crippen molar-refractivity contribution in [2.45, 2.75) is 50.5 Å². The van der Waals surface area contributed by atoms with Crippen molar-refractivity contribution < 1.29 is 23.4 Å². The molecule has 0 radical (unpaired) electrons. The van der Waals surface area contributed by atoms with Gasteiger partial charge in [-0.15, -0.1) is 0 Å². The Labute approximate surface area is 202 Å². The summed E-state index contributed by atoms with van der Waals surface area (Å²) in [5.41, 5.74) is 1.67. The topological polar surface area (TPSA) is 103 Å². The molecule has 2 N–H and O–H groups in total. The van der Waals surface area contributed by atoms with Crippen molar-refractivity contribution in [3.63, 3.8) is 0 Å². The smallest absolute Gasteiger partial charge is 0.247 e. The van der Waals surface area contributed by atoms with Crippen LogP contribution in [0.2, 0.25) is 0 Å². The quantitative estimate of drug-likeness (QED) is 0.598. The van der Waals surface area contributed by atoms with Crippen molar-refractivity contribution in [1.29, 1.82) is 0 Å². The molecule has 9 heteroatoms. The lowest BCUT2D eigenvalue weighted by molar-refractivity contribution is 0.0733. The van der Waals surface area contributed by atoms with Crippen LogP contribution >= 0.6 is 0 Å². The Bertz CT molecular complexity index is 1130. The van der Waals surface area contributed by atoms with Gasteiger partial charge in [0.15, 0.2) is 0 Å². The van der Waals surface area contributed by atoms with E-state index < -0.39 is 22.2 Å². The molecular formula is C25H33N3O5S. The van der Waals surface area contributed by atoms with Crippen LogP contribution < -0.4 is 4.74 Å². The molecule has 0 saturated heterocycles. The lowest BCUT2D eigenvalue weighted by Gasteiger charge is -2.37. The number of fused-ring (bicyclic) bond motifs is 1. The number of aliphatic hydroxyl groups is 2. The Morgan fingerprint density at radius 1 is 1.26 bits per heavy atom. The second kappa shape index (κ2) is 11.3. The molecular weight excluding hydrogens is 454 g/mol. The number of aliphatic hydroxyl groups excluding tert-OH is 2. The number of sulfonamides is 1. The monoisotopic (exact) mass is 487 g/mol. The van der Waals surface area contributed by atoms with Crippen LogP contribution in [0.25, 0.3) is 0 Å². The van der Waals surface area contributed by atoms with E-state index >= 15 is 0 Å². The van der Waals surface area contributed by atoms with E-state index in [0.29, 0.717) is 18.7 Å². The normalized spacial score (nSPS) is 21.9. The van der Waals surface area contributed by atoms with Gasteiger partial charge in [0.25, 0.3) is 0 Å². The summed E-state index contributed by atoms with van der Waals surface area (Å²) in [6.07, 6.45) is 2.39. The van der Waals surface area contributed by atoms with Crippen LogP contribution in [0.5, 0.6) is 5.75 Å². The van der Waals surface area contributed by atoms with Gasteiger partial charge in [-0.3, -0.25) is 9.88 Å². The first kappa shape index (κ1) is 26.1. The van der Waals surface area contributed by atoms with Crippen LogP contribution in [-0.4, -0.2) is 77.8 Å². The molecule has 1 aliphatic heterocycles. The van der Waals surface area contributed by atoms with E-state index in [1.807, 2.05) is 26.1 Å². The second-order valence-corrected chi connectivity index (χ2v) is 10.8. The van der Waals surface area contributed by atoms with Gasteiger partial charge in [0.2, 0.25) is 10.0 Å². The lowest BCUT2D eigenvalue weighted by Crippen LogP contribution is -2.49. The Kier molecular flexibility index (Phi) is 8.68. The Balaban J connectivity index is 1.99. The standard InChI is InChI=1S/C25H33N3O5S/c1-18-14-28(19(2)17-29)34(31,32)25-8-7-21(6-5-20(3)30)13-23(25)33-24(18)16-27(4)15-22-9-11-26-12-10-22/h7-13,18-20,24,29-30H,14-17H2,1-4H3/t18-,19-,20-,24+/m0/s1. The summed E-state index contributed by atoms with van der Waals surface area (Å²) in [5.74, 6) is 5.61. The van der Waals surface area contributed by atoms with Crippen molar-refractivity contribution >= 4 is 10.0 Å². The molecule has 0 aliphatic carbocycles. The number of ether oxygens (including phenoxy) is 1. The summed E-state index contributed by atoms with van der Waals surface area (Å²) in [6.45, 7) is 6.41. The van der Waals surface area contributed by atoms with Crippen molar-refractivity contribution in [2.24, 2.45) is 5.92 Å². The highest BCUT2D eigenvalue weighted by Gasteiger charge is 2.38. The zero-order chi connectivity index (χ0) is 24.9. The number of benzene rings is 1. The number of rotatable bonds is 6. The summed E-state index contributed by atoms with van der Waals surface area (Å²) in [7, 11) is -1.91. The molecule has 3 rings (SSSR count). The molecule has 184 valence electrons. The summed E-state index contributed by atoms with van der Waals surface area (Å²) in [5, 5.41) is 19.3. The zero-order valence-electron chi connectivity index (χ0n) is 20.0. The van der Waals surface area contributed by atoms with E-state index in [4.69, 9.17) is 4.74 Å². The van der Waals surface area contributed by atoms with Crippen molar-refractivity contribution in [3.8, 4) is 17.6 Å². The van der Waals surface area contributed by atoms with E-state index in [-0.39, 0.29) is 35.8 Å². The maximum absolute atomic E-state index is 13.5. The average Bonchev–Trinajstić information content (AvgIpc) is 2.80. The Morgan fingerprint density at radius 2 is 1.97 bits per heavy atom. The van der Waals surface area contributed by atoms with Gasteiger partial charge in [0.1, 0.15) is 22.9 Å². The molecule has 2 heterocycles. The highest BCUT2D eigenvalue weighted by molar-refractivity contribution is 7.89. The molecule has 0 spiro atoms. The first-order valence-corrected chi connectivity index (χ1v) is 12.8. The minimum atomic E-state index is -3.91. The van der Waals surface area contributed by atoms with Crippen LogP contribution in [0.3, 0.4) is 0 Å². The van der Waals surface area contributed by atoms with Crippen molar-refractivity contribution in [2.75, 3.05) is 26.7 Å². The van der Waals surface area contributed by atoms with Gasteiger partial charge in [-0.25, -0.2) is 8.42 Å². The fourth-order valence-corrected chi connectivity index (χ4v) is 5.71. The van der Waals surface area contributed by atoms with Gasteiger partial charge in [-0.05, 0) is 56.8 Å². The SMILES string of the molecule is C[C@H](O)C#Cc1ccc2c(c1)O[C@H](CN(C)Cc1ccncc1)[C@@H](C)CN([C@@H](C)CO)S2(=O)=O. The summed E-state index contributed by atoms with van der Waals surface area (Å²) < 4.78 is 34.7. The Morgan fingerprint density at radius 3 is 2.62 bits per heavy atom. The van der Waals surface area contributed by atoms with Gasteiger partial charge < -0.3 is 14.9 Å². The summed E-state index contributed by atoms with van der Waals surface area (Å²) >= 11 is 0. The van der Waals surface area contributed by atoms with E-state index in [2.05, 4.69) is 21.7 Å². The minimum absolute atomic E-state index is 0.0454. The Hall–Kier alpha value is -2.48. The van der Waals surface area contributed by atoms with Crippen LogP contribution in [0.1, 0.15) is 31.9 Å². The van der Waals surface area contributed by atoms with Crippen LogP contribution in [0, 0.1) is 17.8 Å². The van der Waals surface area contributed by atoms with Crippen LogP contribution in [0.15, 0.2) is 47.6 Å². The molecule has 4 atom stereocenters. The third kappa shape index (κ3) is 6.34. The number of nitrogens with zero attached hydrogens (tertiary/aromatic N) is 3. The highest BCUT2D eigenvalue weighted by atomic mass is 32.2. The fourth-order valence-electron chi connectivity index (χ4n) is 3.88. The summed E-state index contributed by atoms with van der Waals surface area (Å²) in [4.78, 5) is 6.23. The molecule has 2 aromatic rings. The van der Waals surface area contributed by atoms with Gasteiger partial charge in [0.05, 0.1) is 6.61 Å². The fraction of sp³-hybridized carbons (Fsp3) is 0.480. The molecule has 0 saturated carbocycles. The molecule has 8 nitrogen and oxygen atoms in total. The molecule has 1 aromatic carbocycles. The van der Waals surface area contributed by atoms with Crippen LogP contribution in [0.4, 0.5) is 0 Å². The lowest BCUT2D eigenvalue weighted by atomic mass is 10.0. The number of hydrogen-bond acceptors (Lipinski definition) is 7. The van der Waals surface area contributed by atoms with E-state index in [9.17, 15) is 18.6 Å². The molecule has 0 amide bonds. The first-order valence-electron chi connectivity index (χ1n) is 11.3. The van der Waals surface area contributed by atoms with Crippen molar-refractivity contribution in [1.82, 2.24) is 14.2 Å². The summed E-state index contributed by atoms with van der Waals surface area (Å²) in [6, 6.07) is 8.03. The van der Waals surface area contributed by atoms with Gasteiger partial charge in [-0.2, -0.15) is 4.31 Å². The number of hydrogen-bond donors (Lipinski definition) is 2. The minimum Gasteiger partial charge on any atom is -0.487 e. The van der Waals surface area contributed by atoms with Crippen molar-refractivity contribution in [3.05, 3.63) is 53.9 Å². The third-order valence-corrected chi connectivity index (χ3v) is 7.81. The van der Waals surface area contributed by atoms with E-state index in [1.165, 1.54) is 10.4 Å². The highest BCUT2D eigenvalue weighted by Crippen LogP contribution is 2.34.